The molecular formula is C13H18O3. The molecule has 88 valence electrons. The van der Waals surface area contributed by atoms with E-state index in [1.807, 2.05) is 18.2 Å². The Morgan fingerprint density at radius 2 is 2.12 bits per heavy atom. The summed E-state index contributed by atoms with van der Waals surface area (Å²) in [5, 5.41) is 8.65. The maximum atomic E-state index is 11.3. The Bertz CT molecular complexity index is 334. The molecule has 1 N–H and O–H groups in total. The molecule has 0 saturated heterocycles. The number of benzene rings is 1. The minimum absolute atomic E-state index is 0.252. The fourth-order valence-corrected chi connectivity index (χ4v) is 1.59. The van der Waals surface area contributed by atoms with Gasteiger partial charge in [0.15, 0.2) is 0 Å². The third-order valence-electron chi connectivity index (χ3n) is 2.47. The lowest BCUT2D eigenvalue weighted by atomic mass is 10.0. The Morgan fingerprint density at radius 1 is 1.31 bits per heavy atom. The summed E-state index contributed by atoms with van der Waals surface area (Å²) in [6, 6.07) is 7.49. The minimum atomic E-state index is -0.294. The number of carbonyl (C=O) groups excluding carboxylic acids is 1. The van der Waals surface area contributed by atoms with Gasteiger partial charge in [-0.05, 0) is 37.0 Å². The van der Waals surface area contributed by atoms with Crippen LogP contribution in [0.1, 0.15) is 35.2 Å². The van der Waals surface area contributed by atoms with Crippen molar-refractivity contribution in [3.8, 4) is 0 Å². The van der Waals surface area contributed by atoms with Crippen molar-refractivity contribution in [3.63, 3.8) is 0 Å². The normalized spacial score (nSPS) is 10.1. The first-order chi connectivity index (χ1) is 7.77. The average molecular weight is 222 g/mol. The van der Waals surface area contributed by atoms with E-state index in [1.165, 1.54) is 7.11 Å². The van der Waals surface area contributed by atoms with E-state index in [-0.39, 0.29) is 12.6 Å². The molecule has 0 unspecified atom stereocenters. The van der Waals surface area contributed by atoms with Gasteiger partial charge in [0, 0.05) is 6.61 Å². The largest absolute Gasteiger partial charge is 0.465 e. The maximum absolute atomic E-state index is 11.3. The second-order valence-electron chi connectivity index (χ2n) is 3.73. The van der Waals surface area contributed by atoms with Crippen LogP contribution < -0.4 is 0 Å². The van der Waals surface area contributed by atoms with Gasteiger partial charge in [-0.15, -0.1) is 0 Å². The molecule has 0 aliphatic carbocycles. The fourth-order valence-electron chi connectivity index (χ4n) is 1.59. The molecule has 0 saturated carbocycles. The highest BCUT2D eigenvalue weighted by atomic mass is 16.5. The number of aliphatic hydroxyl groups excluding tert-OH is 1. The molecule has 0 spiro atoms. The number of hydrogen-bond acceptors (Lipinski definition) is 3. The number of hydrogen-bond donors (Lipinski definition) is 1. The number of aryl methyl sites for hydroxylation is 1. The quantitative estimate of drug-likeness (QED) is 0.592. The first-order valence-corrected chi connectivity index (χ1v) is 5.56. The average Bonchev–Trinajstić information content (AvgIpc) is 2.34. The highest BCUT2D eigenvalue weighted by molar-refractivity contribution is 5.89. The van der Waals surface area contributed by atoms with Crippen LogP contribution in [-0.2, 0) is 11.2 Å². The number of unbranched alkanes of at least 4 members (excludes halogenated alkanes) is 2. The van der Waals surface area contributed by atoms with Crippen LogP contribution in [0, 0.1) is 0 Å². The predicted octanol–water partition coefficient (Wildman–Crippen LogP) is 2.18. The number of aliphatic hydroxyl groups is 1. The van der Waals surface area contributed by atoms with Crippen LogP contribution in [0.5, 0.6) is 0 Å². The lowest BCUT2D eigenvalue weighted by Crippen LogP contribution is -2.01. The number of ether oxygens (including phenoxy) is 1. The van der Waals surface area contributed by atoms with Gasteiger partial charge in [-0.2, -0.15) is 0 Å². The Morgan fingerprint density at radius 3 is 2.81 bits per heavy atom. The molecule has 0 radical (unpaired) electrons. The molecule has 1 rings (SSSR count). The van der Waals surface area contributed by atoms with Crippen molar-refractivity contribution in [1.29, 1.82) is 0 Å². The van der Waals surface area contributed by atoms with Crippen LogP contribution in [0.4, 0.5) is 0 Å². The van der Waals surface area contributed by atoms with Crippen molar-refractivity contribution in [3.05, 3.63) is 35.4 Å². The second kappa shape index (κ2) is 7.01. The Balaban J connectivity index is 2.50. The molecule has 0 atom stereocenters. The van der Waals surface area contributed by atoms with E-state index in [1.54, 1.807) is 6.07 Å². The minimum Gasteiger partial charge on any atom is -0.465 e. The van der Waals surface area contributed by atoms with Crippen LogP contribution >= 0.6 is 0 Å². The summed E-state index contributed by atoms with van der Waals surface area (Å²) in [6.07, 6.45) is 3.83. The van der Waals surface area contributed by atoms with Gasteiger partial charge in [0.2, 0.25) is 0 Å². The van der Waals surface area contributed by atoms with Crippen LogP contribution in [0.15, 0.2) is 24.3 Å². The van der Waals surface area contributed by atoms with E-state index in [0.29, 0.717) is 5.56 Å². The first kappa shape index (κ1) is 12.7. The van der Waals surface area contributed by atoms with E-state index < -0.39 is 0 Å². The third kappa shape index (κ3) is 4.03. The highest BCUT2D eigenvalue weighted by Crippen LogP contribution is 2.10. The van der Waals surface area contributed by atoms with Gasteiger partial charge in [-0.25, -0.2) is 4.79 Å². The number of methoxy groups -OCH3 is 1. The van der Waals surface area contributed by atoms with Gasteiger partial charge in [0.05, 0.1) is 12.7 Å². The summed E-state index contributed by atoms with van der Waals surface area (Å²) >= 11 is 0. The predicted molar refractivity (Wildman–Crippen MR) is 62.4 cm³/mol. The lowest BCUT2D eigenvalue weighted by Gasteiger charge is -2.03. The van der Waals surface area contributed by atoms with Gasteiger partial charge < -0.3 is 9.84 Å². The lowest BCUT2D eigenvalue weighted by molar-refractivity contribution is 0.0600. The molecule has 1 aromatic rings. The summed E-state index contributed by atoms with van der Waals surface area (Å²) in [5.74, 6) is -0.294. The zero-order valence-corrected chi connectivity index (χ0v) is 9.61. The molecule has 0 bridgehead atoms. The fraction of sp³-hybridized carbons (Fsp3) is 0.462. The molecule has 0 aliphatic rings. The van der Waals surface area contributed by atoms with Crippen molar-refractivity contribution in [2.75, 3.05) is 13.7 Å². The number of carbonyl (C=O) groups is 1. The Kier molecular flexibility index (Phi) is 5.57. The van der Waals surface area contributed by atoms with E-state index in [9.17, 15) is 4.79 Å². The Labute approximate surface area is 96.1 Å². The van der Waals surface area contributed by atoms with Crippen molar-refractivity contribution < 1.29 is 14.6 Å². The molecule has 3 heteroatoms. The monoisotopic (exact) mass is 222 g/mol. The molecular weight excluding hydrogens is 204 g/mol. The van der Waals surface area contributed by atoms with Crippen molar-refractivity contribution >= 4 is 5.97 Å². The molecule has 3 nitrogen and oxygen atoms in total. The van der Waals surface area contributed by atoms with Gasteiger partial charge >= 0.3 is 5.97 Å². The molecule has 0 heterocycles. The number of rotatable bonds is 6. The molecule has 0 aromatic heterocycles. The second-order valence-corrected chi connectivity index (χ2v) is 3.73. The third-order valence-corrected chi connectivity index (χ3v) is 2.47. The first-order valence-electron chi connectivity index (χ1n) is 5.56. The summed E-state index contributed by atoms with van der Waals surface area (Å²) in [4.78, 5) is 11.3. The van der Waals surface area contributed by atoms with Crippen LogP contribution in [0.2, 0.25) is 0 Å². The van der Waals surface area contributed by atoms with E-state index in [2.05, 4.69) is 4.74 Å². The standard InChI is InChI=1S/C13H18O3/c1-16-13(15)12-8-5-7-11(10-12)6-3-2-4-9-14/h5,7-8,10,14H,2-4,6,9H2,1H3. The van der Waals surface area contributed by atoms with Gasteiger partial charge in [0.25, 0.3) is 0 Å². The van der Waals surface area contributed by atoms with Crippen LogP contribution in [0.3, 0.4) is 0 Å². The topological polar surface area (TPSA) is 46.5 Å². The van der Waals surface area contributed by atoms with Crippen LogP contribution in [-0.4, -0.2) is 24.8 Å². The zero-order valence-electron chi connectivity index (χ0n) is 9.61. The van der Waals surface area contributed by atoms with Crippen molar-refractivity contribution in [2.24, 2.45) is 0 Å². The maximum Gasteiger partial charge on any atom is 0.337 e. The van der Waals surface area contributed by atoms with Gasteiger partial charge in [-0.1, -0.05) is 18.6 Å². The summed E-state index contributed by atoms with van der Waals surface area (Å²) in [5.41, 5.74) is 1.74. The number of esters is 1. The van der Waals surface area contributed by atoms with Crippen molar-refractivity contribution in [1.82, 2.24) is 0 Å². The van der Waals surface area contributed by atoms with Gasteiger partial charge in [-0.3, -0.25) is 0 Å². The summed E-state index contributed by atoms with van der Waals surface area (Å²) in [6.45, 7) is 0.252. The molecule has 1 aromatic carbocycles. The molecule has 0 aliphatic heterocycles. The molecule has 0 fully saturated rings. The molecule has 16 heavy (non-hydrogen) atoms. The Hall–Kier alpha value is -1.35. The van der Waals surface area contributed by atoms with E-state index in [0.717, 1.165) is 31.2 Å². The SMILES string of the molecule is COC(=O)c1cccc(CCCCCO)c1. The van der Waals surface area contributed by atoms with E-state index >= 15 is 0 Å². The molecule has 0 amide bonds. The van der Waals surface area contributed by atoms with Crippen LogP contribution in [0.25, 0.3) is 0 Å². The van der Waals surface area contributed by atoms with E-state index in [4.69, 9.17) is 5.11 Å². The summed E-state index contributed by atoms with van der Waals surface area (Å²) in [7, 11) is 1.39. The summed E-state index contributed by atoms with van der Waals surface area (Å²) < 4.78 is 4.66. The zero-order chi connectivity index (χ0) is 11.8. The smallest absolute Gasteiger partial charge is 0.337 e. The highest BCUT2D eigenvalue weighted by Gasteiger charge is 2.04. The van der Waals surface area contributed by atoms with Crippen molar-refractivity contribution in [2.45, 2.75) is 25.7 Å². The van der Waals surface area contributed by atoms with Gasteiger partial charge in [0.1, 0.15) is 0 Å².